The molecule has 6 nitrogen and oxygen atoms in total. The van der Waals surface area contributed by atoms with Gasteiger partial charge >= 0.3 is 0 Å². The Morgan fingerprint density at radius 3 is 1.28 bits per heavy atom. The quantitative estimate of drug-likeness (QED) is 0.0805. The molecule has 0 rings (SSSR count). The molecular weight excluding hydrogens is 576 g/mol. The molecule has 262 valence electrons. The molecule has 0 saturated carbocycles. The van der Waals surface area contributed by atoms with Crippen molar-refractivity contribution in [3.8, 4) is 0 Å². The predicted molar refractivity (Wildman–Crippen MR) is 212 cm³/mol. The average molecular weight is 645 g/mol. The van der Waals surface area contributed by atoms with Gasteiger partial charge in [0.2, 0.25) is 0 Å². The zero-order valence-corrected chi connectivity index (χ0v) is 29.8. The zero-order chi connectivity index (χ0) is 35.3. The fourth-order valence-corrected chi connectivity index (χ4v) is 6.62. The number of hydrogen-bond acceptors (Lipinski definition) is 6. The van der Waals surface area contributed by atoms with Gasteiger partial charge in [-0.15, -0.1) is 72.4 Å². The second kappa shape index (κ2) is 28.0. The minimum atomic E-state index is -0.424. The Kier molecular flexibility index (Phi) is 26.1. The first-order valence-electron chi connectivity index (χ1n) is 17.0. The van der Waals surface area contributed by atoms with E-state index in [0.29, 0.717) is 32.7 Å². The molecule has 0 amide bonds. The van der Waals surface area contributed by atoms with Crippen molar-refractivity contribution in [3.63, 3.8) is 0 Å². The standard InChI is InChI=1S/C41H68N6/c1-12-25-42-39(23-36-43(26-13-2)27-14-3)41(47(34-21-10)35-22-11,24-37-44(28-15-4)29-16-5)40(46(32-19-8)33-20-9)38-45(30-17-6)31-18-7/h12-22,39-40,42H,1-11,23-38H2. The van der Waals surface area contributed by atoms with Crippen LogP contribution in [0.5, 0.6) is 0 Å². The normalized spacial score (nSPS) is 13.9. The highest BCUT2D eigenvalue weighted by Crippen LogP contribution is 2.35. The van der Waals surface area contributed by atoms with E-state index < -0.39 is 5.54 Å². The Balaban J connectivity index is 8.00. The second-order valence-corrected chi connectivity index (χ2v) is 11.8. The summed E-state index contributed by atoms with van der Waals surface area (Å²) in [6.07, 6.45) is 23.6. The van der Waals surface area contributed by atoms with Gasteiger partial charge in [-0.1, -0.05) is 66.8 Å². The molecule has 6 heteroatoms. The first kappa shape index (κ1) is 43.9. The molecule has 0 heterocycles. The van der Waals surface area contributed by atoms with Crippen LogP contribution in [0.3, 0.4) is 0 Å². The molecule has 0 aliphatic carbocycles. The van der Waals surface area contributed by atoms with Gasteiger partial charge in [-0.05, 0) is 12.8 Å². The van der Waals surface area contributed by atoms with Gasteiger partial charge in [0, 0.05) is 104 Å². The maximum Gasteiger partial charge on any atom is 0.0549 e. The van der Waals surface area contributed by atoms with Gasteiger partial charge in [0.05, 0.1) is 5.54 Å². The summed E-state index contributed by atoms with van der Waals surface area (Å²) in [4.78, 5) is 12.3. The summed E-state index contributed by atoms with van der Waals surface area (Å²) >= 11 is 0. The molecule has 0 aromatic carbocycles. The summed E-state index contributed by atoms with van der Waals surface area (Å²) in [6, 6.07) is 0.0745. The van der Waals surface area contributed by atoms with Crippen LogP contribution in [0.1, 0.15) is 12.8 Å². The Labute approximate surface area is 290 Å². The van der Waals surface area contributed by atoms with Crippen LogP contribution in [0.4, 0.5) is 0 Å². The van der Waals surface area contributed by atoms with Gasteiger partial charge < -0.3 is 5.32 Å². The van der Waals surface area contributed by atoms with Crippen LogP contribution in [0, 0.1) is 0 Å². The molecule has 47 heavy (non-hydrogen) atoms. The third kappa shape index (κ3) is 15.6. The van der Waals surface area contributed by atoms with Crippen LogP contribution in [0.25, 0.3) is 0 Å². The maximum absolute atomic E-state index is 4.23. The first-order valence-corrected chi connectivity index (χ1v) is 17.0. The lowest BCUT2D eigenvalue weighted by atomic mass is 9.74. The molecule has 0 aliphatic heterocycles. The Morgan fingerprint density at radius 2 is 0.872 bits per heavy atom. The molecule has 3 atom stereocenters. The zero-order valence-electron chi connectivity index (χ0n) is 29.8. The minimum Gasteiger partial charge on any atom is -0.309 e. The molecule has 0 radical (unpaired) electrons. The van der Waals surface area contributed by atoms with Crippen molar-refractivity contribution in [2.45, 2.75) is 30.5 Å². The van der Waals surface area contributed by atoms with Crippen molar-refractivity contribution in [1.82, 2.24) is 29.8 Å². The van der Waals surface area contributed by atoms with E-state index in [1.165, 1.54) is 0 Å². The van der Waals surface area contributed by atoms with Gasteiger partial charge in [0.25, 0.3) is 0 Å². The monoisotopic (exact) mass is 645 g/mol. The SMILES string of the molecule is C=CCNC(CCN(CC=C)CC=C)C(CCN(CC=C)CC=C)(C(CN(CC=C)CC=C)N(CC=C)CC=C)N(CC=C)CC=C. The summed E-state index contributed by atoms with van der Waals surface area (Å²) in [5.41, 5.74) is -0.424. The largest absolute Gasteiger partial charge is 0.309 e. The maximum atomic E-state index is 4.23. The summed E-state index contributed by atoms with van der Waals surface area (Å²) in [7, 11) is 0. The highest BCUT2D eigenvalue weighted by Gasteiger charge is 2.51. The molecule has 0 aliphatic rings. The van der Waals surface area contributed by atoms with E-state index in [-0.39, 0.29) is 12.1 Å². The Hall–Kier alpha value is -3.10. The lowest BCUT2D eigenvalue weighted by Crippen LogP contribution is -2.74. The van der Waals surface area contributed by atoms with E-state index in [2.05, 4.69) is 102 Å². The van der Waals surface area contributed by atoms with Crippen molar-refractivity contribution < 1.29 is 0 Å². The number of rotatable bonds is 35. The molecular formula is C41H68N6. The molecule has 0 bridgehead atoms. The summed E-state index contributed by atoms with van der Waals surface area (Å²) in [6.45, 7) is 55.9. The highest BCUT2D eigenvalue weighted by molar-refractivity contribution is 5.14. The molecule has 0 aromatic rings. The van der Waals surface area contributed by atoms with Crippen LogP contribution in [-0.2, 0) is 0 Å². The van der Waals surface area contributed by atoms with Gasteiger partial charge in [0.1, 0.15) is 0 Å². The highest BCUT2D eigenvalue weighted by atomic mass is 15.3. The van der Waals surface area contributed by atoms with E-state index >= 15 is 0 Å². The van der Waals surface area contributed by atoms with Gasteiger partial charge in [-0.25, -0.2) is 0 Å². The van der Waals surface area contributed by atoms with Crippen LogP contribution in [0.2, 0.25) is 0 Å². The number of nitrogens with one attached hydrogen (secondary N) is 1. The molecule has 1 N–H and O–H groups in total. The average Bonchev–Trinajstić information content (AvgIpc) is 3.05. The van der Waals surface area contributed by atoms with Crippen LogP contribution >= 0.6 is 0 Å². The van der Waals surface area contributed by atoms with Crippen LogP contribution < -0.4 is 5.32 Å². The van der Waals surface area contributed by atoms with Crippen LogP contribution in [-0.4, -0.2) is 134 Å². The molecule has 0 saturated heterocycles. The van der Waals surface area contributed by atoms with E-state index in [9.17, 15) is 0 Å². The van der Waals surface area contributed by atoms with E-state index in [1.54, 1.807) is 0 Å². The van der Waals surface area contributed by atoms with Crippen molar-refractivity contribution in [2.75, 3.05) is 91.6 Å². The van der Waals surface area contributed by atoms with Crippen molar-refractivity contribution in [2.24, 2.45) is 0 Å². The fourth-order valence-electron chi connectivity index (χ4n) is 6.62. The van der Waals surface area contributed by atoms with E-state index in [1.807, 2.05) is 66.8 Å². The van der Waals surface area contributed by atoms with Crippen molar-refractivity contribution in [1.29, 1.82) is 0 Å². The van der Waals surface area contributed by atoms with Gasteiger partial charge in [0.15, 0.2) is 0 Å². The molecule has 0 aromatic heterocycles. The summed E-state index contributed by atoms with van der Waals surface area (Å²) in [5, 5.41) is 3.99. The smallest absolute Gasteiger partial charge is 0.0549 e. The van der Waals surface area contributed by atoms with Gasteiger partial charge in [-0.2, -0.15) is 0 Å². The van der Waals surface area contributed by atoms with Crippen molar-refractivity contribution in [3.05, 3.63) is 139 Å². The Bertz CT molecular complexity index is 919. The summed E-state index contributed by atoms with van der Waals surface area (Å²) in [5.74, 6) is 0. The van der Waals surface area contributed by atoms with Crippen LogP contribution in [0.15, 0.2) is 139 Å². The lowest BCUT2D eigenvalue weighted by molar-refractivity contribution is -0.0384. The number of hydrogen-bond donors (Lipinski definition) is 1. The Morgan fingerprint density at radius 1 is 0.468 bits per heavy atom. The first-order chi connectivity index (χ1) is 22.9. The minimum absolute atomic E-state index is 0.0298. The molecule has 0 fully saturated rings. The van der Waals surface area contributed by atoms with E-state index in [0.717, 1.165) is 71.7 Å². The van der Waals surface area contributed by atoms with E-state index in [4.69, 9.17) is 0 Å². The van der Waals surface area contributed by atoms with Crippen molar-refractivity contribution >= 4 is 0 Å². The second-order valence-electron chi connectivity index (χ2n) is 11.8. The molecule has 3 unspecified atom stereocenters. The molecule has 0 spiro atoms. The predicted octanol–water partition coefficient (Wildman–Crippen LogP) is 6.39. The third-order valence-electron chi connectivity index (χ3n) is 8.46. The third-order valence-corrected chi connectivity index (χ3v) is 8.46. The topological polar surface area (TPSA) is 28.2 Å². The fraction of sp³-hybridized carbons (Fsp3) is 0.463. The summed E-state index contributed by atoms with van der Waals surface area (Å²) < 4.78 is 0. The number of nitrogens with zero attached hydrogens (tertiary/aromatic N) is 5. The lowest BCUT2D eigenvalue weighted by Gasteiger charge is -2.57. The van der Waals surface area contributed by atoms with Gasteiger partial charge in [-0.3, -0.25) is 24.5 Å².